The van der Waals surface area contributed by atoms with Crippen LogP contribution < -0.4 is 0 Å². The third-order valence-electron chi connectivity index (χ3n) is 3.22. The number of hydrogen-bond donors (Lipinski definition) is 0. The Morgan fingerprint density at radius 3 is 2.80 bits per heavy atom. The summed E-state index contributed by atoms with van der Waals surface area (Å²) in [5, 5.41) is 0. The lowest BCUT2D eigenvalue weighted by Gasteiger charge is -2.11. The first-order valence-corrected chi connectivity index (χ1v) is 6.99. The molecule has 0 N–H and O–H groups in total. The van der Waals surface area contributed by atoms with Crippen molar-refractivity contribution in [2.45, 2.75) is 19.8 Å². The van der Waals surface area contributed by atoms with Crippen molar-refractivity contribution in [1.29, 1.82) is 0 Å². The second-order valence-electron chi connectivity index (χ2n) is 4.56. The summed E-state index contributed by atoms with van der Waals surface area (Å²) < 4.78 is 10.5. The van der Waals surface area contributed by atoms with E-state index in [1.165, 1.54) is 11.1 Å². The Labute approximate surface area is 119 Å². The Morgan fingerprint density at radius 1 is 1.25 bits per heavy atom. The van der Waals surface area contributed by atoms with E-state index in [0.717, 1.165) is 0 Å². The van der Waals surface area contributed by atoms with Crippen molar-refractivity contribution in [1.82, 2.24) is 0 Å². The van der Waals surface area contributed by atoms with E-state index in [1.807, 2.05) is 25.1 Å². The van der Waals surface area contributed by atoms with E-state index < -0.39 is 0 Å². The fourth-order valence-electron chi connectivity index (χ4n) is 2.25. The first kappa shape index (κ1) is 14.5. The number of esters is 1. The van der Waals surface area contributed by atoms with Crippen molar-refractivity contribution in [3.8, 4) is 0 Å². The lowest BCUT2D eigenvalue weighted by atomic mass is 9.98. The topological polar surface area (TPSA) is 35.5 Å². The summed E-state index contributed by atoms with van der Waals surface area (Å²) >= 11 is 0. The van der Waals surface area contributed by atoms with Crippen LogP contribution in [0.5, 0.6) is 0 Å². The summed E-state index contributed by atoms with van der Waals surface area (Å²) in [6, 6.07) is 8.19. The molecule has 1 atom stereocenters. The molecule has 0 saturated carbocycles. The van der Waals surface area contributed by atoms with Crippen molar-refractivity contribution >= 4 is 12.0 Å². The molecular formula is C17H20O3. The number of carbonyl (C=O) groups is 1. The van der Waals surface area contributed by atoms with E-state index in [2.05, 4.69) is 24.3 Å². The predicted molar refractivity (Wildman–Crippen MR) is 79.4 cm³/mol. The van der Waals surface area contributed by atoms with Gasteiger partial charge < -0.3 is 9.47 Å². The van der Waals surface area contributed by atoms with Crippen LogP contribution in [0.25, 0.3) is 6.08 Å². The highest BCUT2D eigenvalue weighted by Gasteiger charge is 2.18. The van der Waals surface area contributed by atoms with E-state index in [4.69, 9.17) is 9.47 Å². The number of rotatable bonds is 6. The smallest absolute Gasteiger partial charge is 0.336 e. The van der Waals surface area contributed by atoms with Crippen LogP contribution in [-0.2, 0) is 14.3 Å². The van der Waals surface area contributed by atoms with Crippen LogP contribution in [0.2, 0.25) is 0 Å². The van der Waals surface area contributed by atoms with Gasteiger partial charge in [0.15, 0.2) is 0 Å². The average molecular weight is 272 g/mol. The molecule has 20 heavy (non-hydrogen) atoms. The number of fused-ring (bicyclic) bond motifs is 1. The van der Waals surface area contributed by atoms with Crippen LogP contribution in [0, 0.1) is 0 Å². The molecule has 1 aromatic rings. The van der Waals surface area contributed by atoms with Crippen molar-refractivity contribution in [2.75, 3.05) is 19.8 Å². The zero-order valence-corrected chi connectivity index (χ0v) is 12.0. The zero-order valence-electron chi connectivity index (χ0n) is 12.0. The highest BCUT2D eigenvalue weighted by Crippen LogP contribution is 2.31. The standard InChI is InChI=1S/C17H20O3/c1-3-19-12-15(17(18)20-4-2)11-14-10-9-13-7-5-6-8-16(13)14/h5-11,14H,3-4,12H2,1-2H3. The summed E-state index contributed by atoms with van der Waals surface area (Å²) in [6.07, 6.45) is 6.12. The molecule has 0 spiro atoms. The van der Waals surface area contributed by atoms with E-state index in [0.29, 0.717) is 25.4 Å². The summed E-state index contributed by atoms with van der Waals surface area (Å²) in [4.78, 5) is 12.0. The fraction of sp³-hybridized carbons (Fsp3) is 0.353. The highest BCUT2D eigenvalue weighted by atomic mass is 16.5. The Morgan fingerprint density at radius 2 is 2.05 bits per heavy atom. The van der Waals surface area contributed by atoms with Crippen LogP contribution in [0.15, 0.2) is 42.0 Å². The van der Waals surface area contributed by atoms with E-state index in [9.17, 15) is 4.79 Å². The molecular weight excluding hydrogens is 252 g/mol. The number of allylic oxidation sites excluding steroid dienone is 2. The van der Waals surface area contributed by atoms with Gasteiger partial charge in [0, 0.05) is 12.5 Å². The molecule has 1 aliphatic rings. The summed E-state index contributed by atoms with van der Waals surface area (Å²) in [6.45, 7) is 4.96. The molecule has 3 nitrogen and oxygen atoms in total. The molecule has 1 aliphatic carbocycles. The quantitative estimate of drug-likeness (QED) is 0.588. The Balaban J connectivity index is 2.20. The summed E-state index contributed by atoms with van der Waals surface area (Å²) in [7, 11) is 0. The third kappa shape index (κ3) is 3.36. The number of hydrogen-bond acceptors (Lipinski definition) is 3. The van der Waals surface area contributed by atoms with Crippen LogP contribution in [0.3, 0.4) is 0 Å². The molecule has 0 saturated heterocycles. The molecule has 0 aliphatic heterocycles. The van der Waals surface area contributed by atoms with E-state index >= 15 is 0 Å². The zero-order chi connectivity index (χ0) is 14.4. The first-order chi connectivity index (χ1) is 9.76. The summed E-state index contributed by atoms with van der Waals surface area (Å²) in [5.74, 6) is -0.176. The van der Waals surface area contributed by atoms with Gasteiger partial charge in [-0.15, -0.1) is 0 Å². The Bertz CT molecular complexity index is 529. The van der Waals surface area contributed by atoms with Crippen LogP contribution >= 0.6 is 0 Å². The second-order valence-corrected chi connectivity index (χ2v) is 4.56. The van der Waals surface area contributed by atoms with Crippen molar-refractivity contribution < 1.29 is 14.3 Å². The van der Waals surface area contributed by atoms with Gasteiger partial charge in [-0.3, -0.25) is 0 Å². The Hall–Kier alpha value is -1.87. The molecule has 0 amide bonds. The molecule has 0 radical (unpaired) electrons. The molecule has 0 fully saturated rings. The number of benzene rings is 1. The van der Waals surface area contributed by atoms with Crippen LogP contribution in [0.1, 0.15) is 30.9 Å². The van der Waals surface area contributed by atoms with Gasteiger partial charge >= 0.3 is 5.97 Å². The van der Waals surface area contributed by atoms with Gasteiger partial charge in [0.1, 0.15) is 0 Å². The van der Waals surface area contributed by atoms with Gasteiger partial charge in [-0.05, 0) is 25.0 Å². The molecule has 0 bridgehead atoms. The van der Waals surface area contributed by atoms with Gasteiger partial charge in [0.2, 0.25) is 0 Å². The maximum absolute atomic E-state index is 12.0. The van der Waals surface area contributed by atoms with Crippen LogP contribution in [-0.4, -0.2) is 25.8 Å². The minimum Gasteiger partial charge on any atom is -0.463 e. The van der Waals surface area contributed by atoms with Gasteiger partial charge in [-0.2, -0.15) is 0 Å². The number of carbonyl (C=O) groups excluding carboxylic acids is 1. The van der Waals surface area contributed by atoms with Crippen molar-refractivity contribution in [3.63, 3.8) is 0 Å². The molecule has 3 heteroatoms. The minimum absolute atomic E-state index is 0.117. The monoisotopic (exact) mass is 272 g/mol. The lowest BCUT2D eigenvalue weighted by Crippen LogP contribution is -2.13. The molecule has 2 rings (SSSR count). The first-order valence-electron chi connectivity index (χ1n) is 6.99. The predicted octanol–water partition coefficient (Wildman–Crippen LogP) is 3.32. The average Bonchev–Trinajstić information content (AvgIpc) is 2.87. The van der Waals surface area contributed by atoms with Gasteiger partial charge in [0.05, 0.1) is 18.8 Å². The molecule has 0 heterocycles. The van der Waals surface area contributed by atoms with Crippen LogP contribution in [0.4, 0.5) is 0 Å². The normalized spacial score (nSPS) is 17.1. The highest BCUT2D eigenvalue weighted by molar-refractivity contribution is 5.89. The van der Waals surface area contributed by atoms with Gasteiger partial charge in [0.25, 0.3) is 0 Å². The SMILES string of the molecule is CCOCC(=CC1C=Cc2ccccc21)C(=O)OCC. The largest absolute Gasteiger partial charge is 0.463 e. The molecule has 106 valence electrons. The lowest BCUT2D eigenvalue weighted by molar-refractivity contribution is -0.139. The van der Waals surface area contributed by atoms with E-state index in [-0.39, 0.29) is 11.9 Å². The van der Waals surface area contributed by atoms with Crippen molar-refractivity contribution in [2.24, 2.45) is 0 Å². The summed E-state index contributed by atoms with van der Waals surface area (Å²) in [5.41, 5.74) is 3.00. The van der Waals surface area contributed by atoms with Crippen molar-refractivity contribution in [3.05, 3.63) is 53.1 Å². The third-order valence-corrected chi connectivity index (χ3v) is 3.22. The maximum Gasteiger partial charge on any atom is 0.336 e. The molecule has 1 unspecified atom stereocenters. The molecule has 1 aromatic carbocycles. The Kier molecular flexibility index (Phi) is 5.13. The van der Waals surface area contributed by atoms with E-state index in [1.54, 1.807) is 6.92 Å². The fourth-order valence-corrected chi connectivity index (χ4v) is 2.25. The molecule has 0 aromatic heterocycles. The second kappa shape index (κ2) is 7.06. The minimum atomic E-state index is -0.293. The number of ether oxygens (including phenoxy) is 2. The maximum atomic E-state index is 12.0. The van der Waals surface area contributed by atoms with Gasteiger partial charge in [-0.1, -0.05) is 42.5 Å². The van der Waals surface area contributed by atoms with Gasteiger partial charge in [-0.25, -0.2) is 4.79 Å².